The van der Waals surface area contributed by atoms with Crippen molar-refractivity contribution in [1.82, 2.24) is 5.32 Å². The lowest BCUT2D eigenvalue weighted by atomic mass is 9.94. The lowest BCUT2D eigenvalue weighted by molar-refractivity contribution is -0.137. The van der Waals surface area contributed by atoms with E-state index < -0.39 is 5.97 Å². The molecule has 1 aliphatic carbocycles. The van der Waals surface area contributed by atoms with Gasteiger partial charge in [0.15, 0.2) is 0 Å². The van der Waals surface area contributed by atoms with E-state index in [1.807, 2.05) is 6.92 Å². The fourth-order valence-corrected chi connectivity index (χ4v) is 2.48. The van der Waals surface area contributed by atoms with Crippen LogP contribution >= 0.6 is 0 Å². The van der Waals surface area contributed by atoms with Crippen LogP contribution in [0.15, 0.2) is 0 Å². The molecule has 0 aliphatic heterocycles. The topological polar surface area (TPSA) is 92.4 Å². The van der Waals surface area contributed by atoms with E-state index in [2.05, 4.69) is 5.32 Å². The molecule has 3 unspecified atom stereocenters. The number of hydrogen-bond acceptors (Lipinski definition) is 3. The average molecular weight is 256 g/mol. The van der Waals surface area contributed by atoms with Crippen molar-refractivity contribution in [2.24, 2.45) is 11.7 Å². The zero-order valence-electron chi connectivity index (χ0n) is 11.0. The van der Waals surface area contributed by atoms with Crippen molar-refractivity contribution in [2.45, 2.75) is 64.0 Å². The number of nitrogens with two attached hydrogens (primary N) is 1. The van der Waals surface area contributed by atoms with Gasteiger partial charge in [-0.2, -0.15) is 0 Å². The molecular weight excluding hydrogens is 232 g/mol. The number of carboxylic acids is 1. The molecule has 4 N–H and O–H groups in total. The van der Waals surface area contributed by atoms with Gasteiger partial charge in [-0.15, -0.1) is 0 Å². The first-order valence-corrected chi connectivity index (χ1v) is 6.82. The van der Waals surface area contributed by atoms with Crippen LogP contribution in [0, 0.1) is 5.92 Å². The first-order chi connectivity index (χ1) is 8.54. The molecule has 0 heterocycles. The van der Waals surface area contributed by atoms with Crippen molar-refractivity contribution in [3.63, 3.8) is 0 Å². The maximum absolute atomic E-state index is 12.1. The Morgan fingerprint density at radius 1 is 1.33 bits per heavy atom. The summed E-state index contributed by atoms with van der Waals surface area (Å²) in [6, 6.07) is -0.375. The van der Waals surface area contributed by atoms with Gasteiger partial charge in [0, 0.05) is 12.1 Å². The van der Waals surface area contributed by atoms with E-state index in [9.17, 15) is 9.59 Å². The zero-order chi connectivity index (χ0) is 13.5. The van der Waals surface area contributed by atoms with E-state index in [0.29, 0.717) is 6.42 Å². The summed E-state index contributed by atoms with van der Waals surface area (Å²) in [4.78, 5) is 22.8. The average Bonchev–Trinajstić information content (AvgIpc) is 2.52. The van der Waals surface area contributed by atoms with Crippen LogP contribution in [-0.4, -0.2) is 29.1 Å². The van der Waals surface area contributed by atoms with Crippen LogP contribution in [-0.2, 0) is 9.59 Å². The molecule has 0 saturated heterocycles. The summed E-state index contributed by atoms with van der Waals surface area (Å²) in [7, 11) is 0. The van der Waals surface area contributed by atoms with E-state index in [0.717, 1.165) is 32.1 Å². The van der Waals surface area contributed by atoms with Crippen LogP contribution in [0.4, 0.5) is 0 Å². The molecule has 0 spiro atoms. The van der Waals surface area contributed by atoms with Gasteiger partial charge in [0.1, 0.15) is 0 Å². The number of hydrogen-bond donors (Lipinski definition) is 3. The molecule has 5 heteroatoms. The molecule has 1 rings (SSSR count). The van der Waals surface area contributed by atoms with E-state index in [1.54, 1.807) is 0 Å². The van der Waals surface area contributed by atoms with Crippen LogP contribution in [0.25, 0.3) is 0 Å². The Hall–Kier alpha value is -1.10. The quantitative estimate of drug-likeness (QED) is 0.646. The number of carbonyl (C=O) groups excluding carboxylic acids is 1. The first-order valence-electron chi connectivity index (χ1n) is 6.82. The predicted octanol–water partition coefficient (Wildman–Crippen LogP) is 1.26. The highest BCUT2D eigenvalue weighted by Crippen LogP contribution is 2.22. The highest BCUT2D eigenvalue weighted by Gasteiger charge is 2.28. The van der Waals surface area contributed by atoms with Crippen LogP contribution in [0.1, 0.15) is 51.9 Å². The summed E-state index contributed by atoms with van der Waals surface area (Å²) in [5, 5.41) is 11.6. The fraction of sp³-hybridized carbons (Fsp3) is 0.846. The van der Waals surface area contributed by atoms with Crippen molar-refractivity contribution in [2.75, 3.05) is 0 Å². The van der Waals surface area contributed by atoms with E-state index >= 15 is 0 Å². The lowest BCUT2D eigenvalue weighted by Crippen LogP contribution is -2.45. The number of amides is 1. The molecule has 1 fully saturated rings. The van der Waals surface area contributed by atoms with Crippen molar-refractivity contribution < 1.29 is 14.7 Å². The second kappa shape index (κ2) is 7.36. The maximum Gasteiger partial charge on any atom is 0.305 e. The van der Waals surface area contributed by atoms with Crippen LogP contribution in [0.3, 0.4) is 0 Å². The Morgan fingerprint density at radius 2 is 2.00 bits per heavy atom. The normalized spacial score (nSPS) is 26.1. The van der Waals surface area contributed by atoms with Gasteiger partial charge in [-0.05, 0) is 19.3 Å². The lowest BCUT2D eigenvalue weighted by Gasteiger charge is -2.23. The van der Waals surface area contributed by atoms with Gasteiger partial charge in [0.25, 0.3) is 0 Å². The molecular formula is C13H24N2O3. The number of carbonyl (C=O) groups is 2. The molecule has 5 nitrogen and oxygen atoms in total. The summed E-state index contributed by atoms with van der Waals surface area (Å²) in [5.41, 5.74) is 6.02. The third-order valence-electron chi connectivity index (χ3n) is 3.67. The third kappa shape index (κ3) is 4.64. The van der Waals surface area contributed by atoms with Crippen LogP contribution in [0.5, 0.6) is 0 Å². The molecule has 1 aliphatic rings. The van der Waals surface area contributed by atoms with Crippen molar-refractivity contribution in [3.8, 4) is 0 Å². The number of rotatable bonds is 5. The van der Waals surface area contributed by atoms with Crippen LogP contribution in [0.2, 0.25) is 0 Å². The number of carboxylic acid groups (broad SMARTS) is 1. The van der Waals surface area contributed by atoms with Crippen molar-refractivity contribution in [1.29, 1.82) is 0 Å². The Labute approximate surface area is 108 Å². The second-order valence-corrected chi connectivity index (χ2v) is 5.12. The fourth-order valence-electron chi connectivity index (χ4n) is 2.48. The Bertz CT molecular complexity index is 294. The summed E-state index contributed by atoms with van der Waals surface area (Å²) < 4.78 is 0. The molecule has 0 aromatic heterocycles. The van der Waals surface area contributed by atoms with Gasteiger partial charge in [0.05, 0.1) is 12.3 Å². The van der Waals surface area contributed by atoms with Gasteiger partial charge in [-0.1, -0.05) is 26.2 Å². The zero-order valence-corrected chi connectivity index (χ0v) is 11.0. The van der Waals surface area contributed by atoms with Gasteiger partial charge in [-0.25, -0.2) is 0 Å². The highest BCUT2D eigenvalue weighted by atomic mass is 16.4. The molecule has 1 amide bonds. The summed E-state index contributed by atoms with van der Waals surface area (Å²) in [6.45, 7) is 1.88. The molecule has 0 aromatic rings. The highest BCUT2D eigenvalue weighted by molar-refractivity contribution is 5.80. The molecule has 0 bridgehead atoms. The van der Waals surface area contributed by atoms with Crippen molar-refractivity contribution in [3.05, 3.63) is 0 Å². The maximum atomic E-state index is 12.1. The molecule has 1 saturated carbocycles. The van der Waals surface area contributed by atoms with E-state index in [1.165, 1.54) is 0 Å². The van der Waals surface area contributed by atoms with Gasteiger partial charge in [-0.3, -0.25) is 9.59 Å². The summed E-state index contributed by atoms with van der Waals surface area (Å²) in [6.07, 6.45) is 5.54. The number of nitrogens with one attached hydrogen (secondary N) is 1. The molecule has 0 radical (unpaired) electrons. The summed E-state index contributed by atoms with van der Waals surface area (Å²) >= 11 is 0. The van der Waals surface area contributed by atoms with E-state index in [-0.39, 0.29) is 30.3 Å². The SMILES string of the molecule is CCC(CC(=O)O)NC(=O)C1CCCCCC1N. The minimum atomic E-state index is -0.882. The minimum Gasteiger partial charge on any atom is -0.481 e. The third-order valence-corrected chi connectivity index (χ3v) is 3.67. The standard InChI is InChI=1S/C13H24N2O3/c1-2-9(8-12(16)17)15-13(18)10-6-4-3-5-7-11(10)14/h9-11H,2-8,14H2,1H3,(H,15,18)(H,16,17). The predicted molar refractivity (Wildman–Crippen MR) is 69.0 cm³/mol. The molecule has 3 atom stereocenters. The van der Waals surface area contributed by atoms with Gasteiger partial charge >= 0.3 is 5.97 Å². The van der Waals surface area contributed by atoms with Gasteiger partial charge in [0.2, 0.25) is 5.91 Å². The molecule has 18 heavy (non-hydrogen) atoms. The Morgan fingerprint density at radius 3 is 2.61 bits per heavy atom. The smallest absolute Gasteiger partial charge is 0.305 e. The minimum absolute atomic E-state index is 0.0236. The summed E-state index contributed by atoms with van der Waals surface area (Å²) in [5.74, 6) is -1.11. The van der Waals surface area contributed by atoms with E-state index in [4.69, 9.17) is 10.8 Å². The molecule has 104 valence electrons. The number of aliphatic carboxylic acids is 1. The Kier molecular flexibility index (Phi) is 6.12. The van der Waals surface area contributed by atoms with Crippen LogP contribution < -0.4 is 11.1 Å². The largest absolute Gasteiger partial charge is 0.481 e. The monoisotopic (exact) mass is 256 g/mol. The second-order valence-electron chi connectivity index (χ2n) is 5.12. The Balaban J connectivity index is 2.53. The van der Waals surface area contributed by atoms with Crippen molar-refractivity contribution >= 4 is 11.9 Å². The molecule has 0 aromatic carbocycles. The van der Waals surface area contributed by atoms with Gasteiger partial charge < -0.3 is 16.2 Å². The first kappa shape index (κ1) is 15.0.